The fourth-order valence-corrected chi connectivity index (χ4v) is 1.08. The fourth-order valence-electron chi connectivity index (χ4n) is 0.593. The van der Waals surface area contributed by atoms with Gasteiger partial charge < -0.3 is 9.05 Å². The lowest BCUT2D eigenvalue weighted by molar-refractivity contribution is -0.121. The average Bonchev–Trinajstić information content (AvgIpc) is 2.02. The van der Waals surface area contributed by atoms with E-state index in [9.17, 15) is 9.36 Å². The van der Waals surface area contributed by atoms with Crippen LogP contribution in [0.25, 0.3) is 0 Å². The maximum atomic E-state index is 11.1. The van der Waals surface area contributed by atoms with Crippen LogP contribution in [0, 0.1) is 0 Å². The summed E-state index contributed by atoms with van der Waals surface area (Å²) in [6, 6.07) is 0. The highest BCUT2D eigenvalue weighted by Gasteiger charge is 2.15. The lowest BCUT2D eigenvalue weighted by atomic mass is 10.2. The van der Waals surface area contributed by atoms with Gasteiger partial charge >= 0.3 is 7.60 Å². The normalized spacial score (nSPS) is 15.6. The van der Waals surface area contributed by atoms with E-state index in [0.29, 0.717) is 6.42 Å². The quantitative estimate of drug-likeness (QED) is 0.605. The molecule has 0 amide bonds. The summed E-state index contributed by atoms with van der Waals surface area (Å²) in [4.78, 5) is 10.9. The van der Waals surface area contributed by atoms with Crippen LogP contribution in [0.4, 0.5) is 0 Å². The van der Waals surface area contributed by atoms with Crippen LogP contribution in [0.5, 0.6) is 0 Å². The molecule has 0 aromatic carbocycles. The molecule has 0 N–H and O–H groups in total. The molecular weight excluding hydrogens is 179 g/mol. The molecule has 0 bridgehead atoms. The monoisotopic (exact) mass is 194 g/mol. The Bertz CT molecular complexity index is 190. The Morgan fingerprint density at radius 1 is 1.50 bits per heavy atom. The zero-order chi connectivity index (χ0) is 9.61. The largest absolute Gasteiger partial charge is 0.327 e. The summed E-state index contributed by atoms with van der Waals surface area (Å²) in [7, 11) is -1.68. The highest BCUT2D eigenvalue weighted by molar-refractivity contribution is 7.52. The van der Waals surface area contributed by atoms with Crippen molar-refractivity contribution in [3.63, 3.8) is 0 Å². The van der Waals surface area contributed by atoms with E-state index < -0.39 is 7.60 Å². The lowest BCUT2D eigenvalue weighted by Crippen LogP contribution is -2.06. The number of rotatable bonds is 6. The van der Waals surface area contributed by atoms with Crippen molar-refractivity contribution in [2.45, 2.75) is 19.8 Å². The van der Waals surface area contributed by atoms with Crippen LogP contribution in [0.1, 0.15) is 19.8 Å². The first-order valence-corrected chi connectivity index (χ1v) is 5.80. The molecule has 12 heavy (non-hydrogen) atoms. The molecule has 0 radical (unpaired) electrons. The van der Waals surface area contributed by atoms with Crippen molar-refractivity contribution in [3.05, 3.63) is 0 Å². The van der Waals surface area contributed by atoms with E-state index in [-0.39, 0.29) is 12.4 Å². The van der Waals surface area contributed by atoms with Crippen molar-refractivity contribution < 1.29 is 18.4 Å². The van der Waals surface area contributed by atoms with Gasteiger partial charge in [-0.1, -0.05) is 6.92 Å². The van der Waals surface area contributed by atoms with Gasteiger partial charge in [0.2, 0.25) is 0 Å². The van der Waals surface area contributed by atoms with E-state index in [1.54, 1.807) is 0 Å². The SMILES string of the molecule is CCCC(=O)COP(C)(=O)OC. The van der Waals surface area contributed by atoms with Gasteiger partial charge in [0.05, 0.1) is 0 Å². The smallest absolute Gasteiger partial charge is 0.312 e. The highest BCUT2D eigenvalue weighted by atomic mass is 31.2. The zero-order valence-corrected chi connectivity index (χ0v) is 8.60. The second-order valence-corrected chi connectivity index (χ2v) is 4.68. The lowest BCUT2D eigenvalue weighted by Gasteiger charge is -2.09. The Labute approximate surface area is 72.8 Å². The third kappa shape index (κ3) is 5.47. The Hall–Kier alpha value is -0.180. The number of carbonyl (C=O) groups excluding carboxylic acids is 1. The molecule has 0 fully saturated rings. The van der Waals surface area contributed by atoms with Gasteiger partial charge in [0.25, 0.3) is 0 Å². The fraction of sp³-hybridized carbons (Fsp3) is 0.857. The van der Waals surface area contributed by atoms with Crippen LogP contribution in [0.3, 0.4) is 0 Å². The molecule has 0 rings (SSSR count). The number of hydrogen-bond donors (Lipinski definition) is 0. The molecular formula is C7H15O4P. The molecule has 0 aromatic rings. The van der Waals surface area contributed by atoms with Gasteiger partial charge in [-0.2, -0.15) is 0 Å². The summed E-state index contributed by atoms with van der Waals surface area (Å²) >= 11 is 0. The molecule has 4 nitrogen and oxygen atoms in total. The molecule has 72 valence electrons. The van der Waals surface area contributed by atoms with Crippen molar-refractivity contribution in [1.29, 1.82) is 0 Å². The third-order valence-corrected chi connectivity index (χ3v) is 2.58. The maximum absolute atomic E-state index is 11.1. The molecule has 0 aromatic heterocycles. The topological polar surface area (TPSA) is 52.6 Å². The van der Waals surface area contributed by atoms with Gasteiger partial charge in [0, 0.05) is 20.2 Å². The van der Waals surface area contributed by atoms with Crippen LogP contribution in [0.15, 0.2) is 0 Å². The zero-order valence-electron chi connectivity index (χ0n) is 7.70. The van der Waals surface area contributed by atoms with Crippen LogP contribution in [-0.2, 0) is 18.4 Å². The number of carbonyl (C=O) groups is 1. The molecule has 0 aliphatic rings. The Kier molecular flexibility index (Phi) is 5.38. The predicted octanol–water partition coefficient (Wildman–Crippen LogP) is 1.84. The van der Waals surface area contributed by atoms with E-state index in [0.717, 1.165) is 6.42 Å². The van der Waals surface area contributed by atoms with Gasteiger partial charge in [-0.25, -0.2) is 0 Å². The minimum absolute atomic E-state index is 0.0448. The average molecular weight is 194 g/mol. The molecule has 0 aliphatic heterocycles. The highest BCUT2D eigenvalue weighted by Crippen LogP contribution is 2.42. The summed E-state index contributed by atoms with van der Waals surface area (Å²) in [6.07, 6.45) is 1.24. The minimum atomic E-state index is -2.97. The molecule has 0 heterocycles. The van der Waals surface area contributed by atoms with Crippen LogP contribution >= 0.6 is 7.60 Å². The van der Waals surface area contributed by atoms with E-state index in [1.165, 1.54) is 13.8 Å². The molecule has 1 unspecified atom stereocenters. The summed E-state index contributed by atoms with van der Waals surface area (Å²) in [6.45, 7) is 3.13. The van der Waals surface area contributed by atoms with Gasteiger partial charge in [-0.15, -0.1) is 0 Å². The van der Waals surface area contributed by atoms with Gasteiger partial charge in [-0.3, -0.25) is 9.36 Å². The second kappa shape index (κ2) is 5.46. The Morgan fingerprint density at radius 3 is 2.50 bits per heavy atom. The van der Waals surface area contributed by atoms with Crippen LogP contribution in [-0.4, -0.2) is 26.2 Å². The second-order valence-electron chi connectivity index (χ2n) is 2.52. The molecule has 0 aliphatic carbocycles. The van der Waals surface area contributed by atoms with Gasteiger partial charge in [0.15, 0.2) is 5.78 Å². The molecule has 1 atom stereocenters. The van der Waals surface area contributed by atoms with Crippen molar-refractivity contribution in [3.8, 4) is 0 Å². The van der Waals surface area contributed by atoms with Crippen LogP contribution in [0.2, 0.25) is 0 Å². The predicted molar refractivity (Wildman–Crippen MR) is 46.4 cm³/mol. The summed E-state index contributed by atoms with van der Waals surface area (Å²) in [5.41, 5.74) is 0. The molecule has 0 saturated heterocycles. The summed E-state index contributed by atoms with van der Waals surface area (Å²) in [5.74, 6) is -0.0448. The van der Waals surface area contributed by atoms with Gasteiger partial charge in [0.1, 0.15) is 6.61 Å². The number of ketones is 1. The van der Waals surface area contributed by atoms with Crippen molar-refractivity contribution in [2.75, 3.05) is 20.4 Å². The van der Waals surface area contributed by atoms with Crippen molar-refractivity contribution >= 4 is 13.4 Å². The van der Waals surface area contributed by atoms with E-state index in [2.05, 4.69) is 4.52 Å². The van der Waals surface area contributed by atoms with Crippen LogP contribution < -0.4 is 0 Å². The molecule has 0 spiro atoms. The van der Waals surface area contributed by atoms with E-state index in [1.807, 2.05) is 6.92 Å². The molecule has 0 saturated carbocycles. The Morgan fingerprint density at radius 2 is 2.08 bits per heavy atom. The Balaban J connectivity index is 3.68. The molecule has 5 heteroatoms. The number of hydrogen-bond acceptors (Lipinski definition) is 4. The first kappa shape index (κ1) is 11.8. The van der Waals surface area contributed by atoms with Gasteiger partial charge in [-0.05, 0) is 6.42 Å². The summed E-state index contributed by atoms with van der Waals surface area (Å²) < 4.78 is 20.4. The first-order valence-electron chi connectivity index (χ1n) is 3.81. The standard InChI is InChI=1S/C7H15O4P/c1-4-5-7(8)6-11-12(3,9)10-2/h4-6H2,1-3H3. The maximum Gasteiger partial charge on any atom is 0.327 e. The van der Waals surface area contributed by atoms with E-state index >= 15 is 0 Å². The number of Topliss-reactive ketones (excluding diaryl/α,β-unsaturated/α-hetero) is 1. The van der Waals surface area contributed by atoms with Crippen molar-refractivity contribution in [2.24, 2.45) is 0 Å². The van der Waals surface area contributed by atoms with Crippen molar-refractivity contribution in [1.82, 2.24) is 0 Å². The third-order valence-electron chi connectivity index (χ3n) is 1.32. The first-order chi connectivity index (χ1) is 5.52. The summed E-state index contributed by atoms with van der Waals surface area (Å²) in [5, 5.41) is 0. The minimum Gasteiger partial charge on any atom is -0.312 e. The van der Waals surface area contributed by atoms with E-state index in [4.69, 9.17) is 4.52 Å².